The third kappa shape index (κ3) is 3.27. The molecule has 1 aliphatic heterocycles. The zero-order valence-electron chi connectivity index (χ0n) is 11.2. The van der Waals surface area contributed by atoms with Crippen LogP contribution in [0.3, 0.4) is 0 Å². The van der Waals surface area contributed by atoms with E-state index in [1.54, 1.807) is 0 Å². The molecule has 2 rings (SSSR count). The van der Waals surface area contributed by atoms with Gasteiger partial charge in [-0.15, -0.1) is 12.3 Å². The number of rotatable bonds is 4. The lowest BCUT2D eigenvalue weighted by atomic mass is 10.1. The van der Waals surface area contributed by atoms with Crippen molar-refractivity contribution in [1.82, 2.24) is 5.32 Å². The van der Waals surface area contributed by atoms with Crippen LogP contribution in [-0.4, -0.2) is 18.6 Å². The summed E-state index contributed by atoms with van der Waals surface area (Å²) in [5.41, 5.74) is 1.82. The lowest BCUT2D eigenvalue weighted by molar-refractivity contribution is -0.118. The molecule has 0 aromatic heterocycles. The maximum Gasteiger partial charge on any atom is 0.262 e. The van der Waals surface area contributed by atoms with Gasteiger partial charge in [0.05, 0.1) is 5.69 Å². The number of carbonyl (C=O) groups is 1. The van der Waals surface area contributed by atoms with Gasteiger partial charge in [0.15, 0.2) is 6.61 Å². The van der Waals surface area contributed by atoms with E-state index in [9.17, 15) is 4.79 Å². The van der Waals surface area contributed by atoms with Crippen molar-refractivity contribution in [3.8, 4) is 18.1 Å². The van der Waals surface area contributed by atoms with Gasteiger partial charge in [0.2, 0.25) is 0 Å². The normalized spacial score (nSPS) is 16.6. The minimum absolute atomic E-state index is 0.0827. The van der Waals surface area contributed by atoms with Crippen molar-refractivity contribution in [2.24, 2.45) is 0 Å². The molecular formula is C15H18N2O2. The predicted molar refractivity (Wildman–Crippen MR) is 75.0 cm³/mol. The first kappa shape index (κ1) is 13.4. The number of fused-ring (bicyclic) bond motifs is 1. The average Bonchev–Trinajstić information content (AvgIpc) is 2.38. The first-order chi connectivity index (χ1) is 9.10. The van der Waals surface area contributed by atoms with Gasteiger partial charge in [0, 0.05) is 18.5 Å². The lowest BCUT2D eigenvalue weighted by Gasteiger charge is -2.22. The van der Waals surface area contributed by atoms with Crippen LogP contribution in [0.25, 0.3) is 0 Å². The van der Waals surface area contributed by atoms with Gasteiger partial charge in [-0.3, -0.25) is 4.79 Å². The van der Waals surface area contributed by atoms with Gasteiger partial charge < -0.3 is 15.4 Å². The molecule has 100 valence electrons. The van der Waals surface area contributed by atoms with E-state index >= 15 is 0 Å². The van der Waals surface area contributed by atoms with Crippen LogP contribution in [0.5, 0.6) is 5.75 Å². The van der Waals surface area contributed by atoms with Gasteiger partial charge in [-0.25, -0.2) is 0 Å². The van der Waals surface area contributed by atoms with E-state index in [2.05, 4.69) is 30.4 Å². The first-order valence-corrected chi connectivity index (χ1v) is 6.36. The molecule has 0 fully saturated rings. The Labute approximate surface area is 113 Å². The molecule has 0 radical (unpaired) electrons. The molecule has 2 atom stereocenters. The molecule has 0 aliphatic carbocycles. The zero-order valence-corrected chi connectivity index (χ0v) is 11.2. The minimum Gasteiger partial charge on any atom is -0.482 e. The summed E-state index contributed by atoms with van der Waals surface area (Å²) >= 11 is 0. The van der Waals surface area contributed by atoms with Gasteiger partial charge in [-0.2, -0.15) is 0 Å². The molecule has 1 aliphatic rings. The summed E-state index contributed by atoms with van der Waals surface area (Å²) in [4.78, 5) is 11.3. The summed E-state index contributed by atoms with van der Waals surface area (Å²) in [7, 11) is 0. The van der Waals surface area contributed by atoms with Crippen LogP contribution in [-0.2, 0) is 4.79 Å². The molecule has 4 nitrogen and oxygen atoms in total. The van der Waals surface area contributed by atoms with Crippen LogP contribution in [0.15, 0.2) is 18.2 Å². The van der Waals surface area contributed by atoms with Gasteiger partial charge in [-0.1, -0.05) is 6.07 Å². The van der Waals surface area contributed by atoms with Gasteiger partial charge in [-0.05, 0) is 31.5 Å². The number of anilines is 1. The second-order valence-corrected chi connectivity index (χ2v) is 4.79. The lowest BCUT2D eigenvalue weighted by Crippen LogP contribution is -2.29. The number of carbonyl (C=O) groups excluding carboxylic acids is 1. The molecule has 0 bridgehead atoms. The predicted octanol–water partition coefficient (Wildman–Crippen LogP) is 2.08. The monoisotopic (exact) mass is 258 g/mol. The Bertz CT molecular complexity index is 519. The molecule has 1 amide bonds. The first-order valence-electron chi connectivity index (χ1n) is 6.36. The highest BCUT2D eigenvalue weighted by atomic mass is 16.5. The third-order valence-corrected chi connectivity index (χ3v) is 3.10. The van der Waals surface area contributed by atoms with E-state index in [4.69, 9.17) is 11.2 Å². The van der Waals surface area contributed by atoms with Crippen molar-refractivity contribution >= 4 is 11.6 Å². The fourth-order valence-electron chi connectivity index (χ4n) is 2.13. The fraction of sp³-hybridized carbons (Fsp3) is 0.400. The SMILES string of the molecule is C#CCC(C)NC(C)c1ccc2c(c1)NC(=O)CO2. The summed E-state index contributed by atoms with van der Waals surface area (Å²) < 4.78 is 5.33. The third-order valence-electron chi connectivity index (χ3n) is 3.10. The maximum absolute atomic E-state index is 11.3. The van der Waals surface area contributed by atoms with Crippen LogP contribution in [0.2, 0.25) is 0 Å². The van der Waals surface area contributed by atoms with Crippen LogP contribution in [0.1, 0.15) is 31.9 Å². The summed E-state index contributed by atoms with van der Waals surface area (Å²) in [6.07, 6.45) is 5.99. The Morgan fingerprint density at radius 3 is 3.05 bits per heavy atom. The number of hydrogen-bond donors (Lipinski definition) is 2. The molecule has 1 heterocycles. The Morgan fingerprint density at radius 2 is 2.32 bits per heavy atom. The molecule has 1 aromatic carbocycles. The van der Waals surface area contributed by atoms with E-state index in [1.807, 2.05) is 18.2 Å². The van der Waals surface area contributed by atoms with Gasteiger partial charge >= 0.3 is 0 Å². The summed E-state index contributed by atoms with van der Waals surface area (Å²) in [6, 6.07) is 6.23. The van der Waals surface area contributed by atoms with Gasteiger partial charge in [0.1, 0.15) is 5.75 Å². The van der Waals surface area contributed by atoms with Crippen LogP contribution < -0.4 is 15.4 Å². The number of amides is 1. The molecule has 0 saturated heterocycles. The van der Waals surface area contributed by atoms with Crippen molar-refractivity contribution in [3.05, 3.63) is 23.8 Å². The number of terminal acetylenes is 1. The van der Waals surface area contributed by atoms with Crippen molar-refractivity contribution in [2.45, 2.75) is 32.4 Å². The highest BCUT2D eigenvalue weighted by molar-refractivity contribution is 5.95. The maximum atomic E-state index is 11.3. The zero-order chi connectivity index (χ0) is 13.8. The smallest absolute Gasteiger partial charge is 0.262 e. The summed E-state index contributed by atoms with van der Waals surface area (Å²) in [6.45, 7) is 4.21. The molecule has 4 heteroatoms. The molecule has 0 saturated carbocycles. The fourth-order valence-corrected chi connectivity index (χ4v) is 2.13. The number of nitrogens with one attached hydrogen (secondary N) is 2. The molecule has 19 heavy (non-hydrogen) atoms. The largest absolute Gasteiger partial charge is 0.482 e. The minimum atomic E-state index is -0.119. The molecule has 0 spiro atoms. The van der Waals surface area contributed by atoms with Crippen LogP contribution in [0.4, 0.5) is 5.69 Å². The Kier molecular flexibility index (Phi) is 4.08. The van der Waals surface area contributed by atoms with Crippen molar-refractivity contribution < 1.29 is 9.53 Å². The van der Waals surface area contributed by atoms with Crippen molar-refractivity contribution in [2.75, 3.05) is 11.9 Å². The Hall–Kier alpha value is -1.99. The molecular weight excluding hydrogens is 240 g/mol. The average molecular weight is 258 g/mol. The second kappa shape index (κ2) is 5.77. The Balaban J connectivity index is 2.11. The van der Waals surface area contributed by atoms with E-state index in [1.165, 1.54) is 0 Å². The highest BCUT2D eigenvalue weighted by Crippen LogP contribution is 2.30. The van der Waals surface area contributed by atoms with E-state index < -0.39 is 0 Å². The van der Waals surface area contributed by atoms with E-state index in [0.717, 1.165) is 11.3 Å². The second-order valence-electron chi connectivity index (χ2n) is 4.79. The van der Waals surface area contributed by atoms with Gasteiger partial charge in [0.25, 0.3) is 5.91 Å². The van der Waals surface area contributed by atoms with Crippen molar-refractivity contribution in [1.29, 1.82) is 0 Å². The standard InChI is InChI=1S/C15H18N2O2/c1-4-5-10(2)16-11(3)12-6-7-14-13(8-12)17-15(18)9-19-14/h1,6-8,10-11,16H,5,9H2,2-3H3,(H,17,18). The van der Waals surface area contributed by atoms with Crippen LogP contribution in [0, 0.1) is 12.3 Å². The topological polar surface area (TPSA) is 50.4 Å². The number of ether oxygens (including phenoxy) is 1. The molecule has 2 N–H and O–H groups in total. The quantitative estimate of drug-likeness (QED) is 0.813. The molecule has 2 unspecified atom stereocenters. The number of hydrogen-bond acceptors (Lipinski definition) is 3. The summed E-state index contributed by atoms with van der Waals surface area (Å²) in [5.74, 6) is 3.24. The highest BCUT2D eigenvalue weighted by Gasteiger charge is 2.17. The number of benzene rings is 1. The van der Waals surface area contributed by atoms with E-state index in [-0.39, 0.29) is 24.6 Å². The van der Waals surface area contributed by atoms with E-state index in [0.29, 0.717) is 12.2 Å². The Morgan fingerprint density at radius 1 is 1.53 bits per heavy atom. The summed E-state index contributed by atoms with van der Waals surface area (Å²) in [5, 5.41) is 6.23. The molecule has 1 aromatic rings. The van der Waals surface area contributed by atoms with Crippen molar-refractivity contribution in [3.63, 3.8) is 0 Å². The van der Waals surface area contributed by atoms with Crippen LogP contribution >= 0.6 is 0 Å².